The minimum Gasteiger partial charge on any atom is -0.493 e. The van der Waals surface area contributed by atoms with Gasteiger partial charge in [-0.2, -0.15) is 0 Å². The van der Waals surface area contributed by atoms with Gasteiger partial charge in [0.05, 0.1) is 13.2 Å². The molecule has 156 valence electrons. The highest BCUT2D eigenvalue weighted by Gasteiger charge is 2.27. The summed E-state index contributed by atoms with van der Waals surface area (Å²) in [6.45, 7) is 2.47. The molecule has 0 aliphatic carbocycles. The summed E-state index contributed by atoms with van der Waals surface area (Å²) >= 11 is 0. The van der Waals surface area contributed by atoms with E-state index < -0.39 is 12.2 Å². The van der Waals surface area contributed by atoms with Crippen LogP contribution in [0, 0.1) is 0 Å². The summed E-state index contributed by atoms with van der Waals surface area (Å²) in [6.07, 6.45) is 4.96. The summed E-state index contributed by atoms with van der Waals surface area (Å²) in [5.41, 5.74) is 2.50. The normalized spacial score (nSPS) is 15.7. The van der Waals surface area contributed by atoms with E-state index in [9.17, 15) is 9.90 Å². The fraction of sp³-hybridized carbons (Fsp3) is 0.458. The van der Waals surface area contributed by atoms with Crippen molar-refractivity contribution in [1.29, 1.82) is 0 Å². The van der Waals surface area contributed by atoms with Crippen molar-refractivity contribution in [3.63, 3.8) is 0 Å². The van der Waals surface area contributed by atoms with Gasteiger partial charge in [-0.1, -0.05) is 55.0 Å². The fourth-order valence-corrected chi connectivity index (χ4v) is 3.70. The first-order valence-electron chi connectivity index (χ1n) is 10.6. The molecule has 3 rings (SSSR count). The molecule has 1 aliphatic rings. The predicted molar refractivity (Wildman–Crippen MR) is 113 cm³/mol. The molecule has 29 heavy (non-hydrogen) atoms. The van der Waals surface area contributed by atoms with E-state index in [0.29, 0.717) is 19.6 Å². The SMILES string of the molecule is O=C(O)C(OCCCOc1ccccc1CCc1ccccc1)N1CCCCC1. The molecule has 0 spiro atoms. The van der Waals surface area contributed by atoms with E-state index in [0.717, 1.165) is 44.5 Å². The fourth-order valence-electron chi connectivity index (χ4n) is 3.70. The highest BCUT2D eigenvalue weighted by atomic mass is 16.5. The van der Waals surface area contributed by atoms with Crippen LogP contribution in [0.3, 0.4) is 0 Å². The number of carboxylic acids is 1. The largest absolute Gasteiger partial charge is 0.493 e. The lowest BCUT2D eigenvalue weighted by Gasteiger charge is -2.31. The molecule has 0 bridgehead atoms. The second-order valence-electron chi connectivity index (χ2n) is 7.45. The highest BCUT2D eigenvalue weighted by Crippen LogP contribution is 2.20. The Morgan fingerprint density at radius 3 is 2.41 bits per heavy atom. The van der Waals surface area contributed by atoms with Gasteiger partial charge < -0.3 is 14.6 Å². The van der Waals surface area contributed by atoms with Crippen LogP contribution in [0.1, 0.15) is 36.8 Å². The Balaban J connectivity index is 1.42. The third-order valence-electron chi connectivity index (χ3n) is 5.25. The maximum Gasteiger partial charge on any atom is 0.348 e. The lowest BCUT2D eigenvalue weighted by molar-refractivity contribution is -0.166. The number of aryl methyl sites for hydroxylation is 2. The number of rotatable bonds is 11. The van der Waals surface area contributed by atoms with E-state index in [1.807, 2.05) is 29.2 Å². The zero-order valence-corrected chi connectivity index (χ0v) is 17.0. The Morgan fingerprint density at radius 2 is 1.66 bits per heavy atom. The van der Waals surface area contributed by atoms with Gasteiger partial charge in [-0.15, -0.1) is 0 Å². The van der Waals surface area contributed by atoms with Crippen molar-refractivity contribution in [2.75, 3.05) is 26.3 Å². The molecule has 1 N–H and O–H groups in total. The van der Waals surface area contributed by atoms with Gasteiger partial charge in [0.25, 0.3) is 0 Å². The van der Waals surface area contributed by atoms with Crippen LogP contribution >= 0.6 is 0 Å². The zero-order chi connectivity index (χ0) is 20.3. The molecule has 1 atom stereocenters. The van der Waals surface area contributed by atoms with Crippen molar-refractivity contribution < 1.29 is 19.4 Å². The number of piperidine rings is 1. The van der Waals surface area contributed by atoms with Crippen LogP contribution in [0.4, 0.5) is 0 Å². The van der Waals surface area contributed by atoms with E-state index in [-0.39, 0.29) is 0 Å². The average Bonchev–Trinajstić information content (AvgIpc) is 2.76. The summed E-state index contributed by atoms with van der Waals surface area (Å²) in [6, 6.07) is 18.5. The quantitative estimate of drug-likeness (QED) is 0.577. The van der Waals surface area contributed by atoms with Crippen LogP contribution in [0.25, 0.3) is 0 Å². The van der Waals surface area contributed by atoms with E-state index >= 15 is 0 Å². The zero-order valence-electron chi connectivity index (χ0n) is 17.0. The second-order valence-corrected chi connectivity index (χ2v) is 7.45. The standard InChI is InChI=1S/C24H31NO4/c26-24(27)23(25-16-7-2-8-17-25)29-19-9-18-28-22-13-6-5-12-21(22)15-14-20-10-3-1-4-11-20/h1,3-6,10-13,23H,2,7-9,14-19H2,(H,26,27). The first kappa shape index (κ1) is 21.3. The second kappa shape index (κ2) is 11.6. The third-order valence-corrected chi connectivity index (χ3v) is 5.25. The van der Waals surface area contributed by atoms with E-state index in [4.69, 9.17) is 9.47 Å². The van der Waals surface area contributed by atoms with E-state index in [1.54, 1.807) is 0 Å². The number of ether oxygens (including phenoxy) is 2. The molecule has 1 heterocycles. The van der Waals surface area contributed by atoms with Gasteiger partial charge >= 0.3 is 5.97 Å². The number of nitrogens with zero attached hydrogens (tertiary/aromatic N) is 1. The van der Waals surface area contributed by atoms with Crippen molar-refractivity contribution in [1.82, 2.24) is 4.90 Å². The molecule has 0 amide bonds. The molecular formula is C24H31NO4. The number of hydrogen-bond donors (Lipinski definition) is 1. The number of hydrogen-bond acceptors (Lipinski definition) is 4. The molecule has 0 aromatic heterocycles. The maximum absolute atomic E-state index is 11.5. The summed E-state index contributed by atoms with van der Waals surface area (Å²) in [5, 5.41) is 9.45. The molecule has 2 aromatic carbocycles. The lowest BCUT2D eigenvalue weighted by Crippen LogP contribution is -2.46. The van der Waals surface area contributed by atoms with Crippen LogP contribution in [0.5, 0.6) is 5.75 Å². The third kappa shape index (κ3) is 6.87. The molecule has 1 saturated heterocycles. The van der Waals surface area contributed by atoms with Crippen LogP contribution in [-0.2, 0) is 22.4 Å². The van der Waals surface area contributed by atoms with Gasteiger partial charge in [-0.3, -0.25) is 4.90 Å². The molecule has 5 heteroatoms. The van der Waals surface area contributed by atoms with Crippen LogP contribution < -0.4 is 4.74 Å². The van der Waals surface area contributed by atoms with Gasteiger partial charge in [-0.05, 0) is 42.9 Å². The number of para-hydroxylation sites is 1. The highest BCUT2D eigenvalue weighted by molar-refractivity contribution is 5.71. The number of carboxylic acid groups (broad SMARTS) is 1. The lowest BCUT2D eigenvalue weighted by atomic mass is 10.0. The molecule has 5 nitrogen and oxygen atoms in total. The topological polar surface area (TPSA) is 59.0 Å². The minimum atomic E-state index is -0.904. The van der Waals surface area contributed by atoms with E-state index in [2.05, 4.69) is 30.3 Å². The van der Waals surface area contributed by atoms with Crippen molar-refractivity contribution >= 4 is 5.97 Å². The van der Waals surface area contributed by atoms with Crippen molar-refractivity contribution in [2.24, 2.45) is 0 Å². The Bertz CT molecular complexity index is 744. The number of likely N-dealkylation sites (tertiary alicyclic amines) is 1. The Kier molecular flexibility index (Phi) is 8.53. The van der Waals surface area contributed by atoms with Crippen LogP contribution in [0.2, 0.25) is 0 Å². The van der Waals surface area contributed by atoms with Gasteiger partial charge in [0.2, 0.25) is 6.23 Å². The van der Waals surface area contributed by atoms with Crippen molar-refractivity contribution in [3.8, 4) is 5.75 Å². The smallest absolute Gasteiger partial charge is 0.348 e. The number of benzene rings is 2. The summed E-state index contributed by atoms with van der Waals surface area (Å²) in [5.74, 6) is -0.00618. The molecule has 1 unspecified atom stereocenters. The molecule has 2 aromatic rings. The van der Waals surface area contributed by atoms with Crippen LogP contribution in [-0.4, -0.2) is 48.5 Å². The number of aliphatic carboxylic acids is 1. The van der Waals surface area contributed by atoms with E-state index in [1.165, 1.54) is 17.5 Å². The summed E-state index contributed by atoms with van der Waals surface area (Å²) in [4.78, 5) is 13.4. The van der Waals surface area contributed by atoms with Gasteiger partial charge in [-0.25, -0.2) is 4.79 Å². The first-order valence-corrected chi connectivity index (χ1v) is 10.6. The molecular weight excluding hydrogens is 366 g/mol. The van der Waals surface area contributed by atoms with Gasteiger partial charge in [0, 0.05) is 19.5 Å². The molecule has 0 saturated carbocycles. The Labute approximate surface area is 173 Å². The summed E-state index contributed by atoms with van der Waals surface area (Å²) < 4.78 is 11.6. The Morgan fingerprint density at radius 1 is 0.931 bits per heavy atom. The van der Waals surface area contributed by atoms with Gasteiger partial charge in [0.15, 0.2) is 0 Å². The van der Waals surface area contributed by atoms with Crippen molar-refractivity contribution in [3.05, 3.63) is 65.7 Å². The maximum atomic E-state index is 11.5. The number of carbonyl (C=O) groups is 1. The monoisotopic (exact) mass is 397 g/mol. The minimum absolute atomic E-state index is 0.375. The van der Waals surface area contributed by atoms with Gasteiger partial charge in [0.1, 0.15) is 5.75 Å². The average molecular weight is 398 g/mol. The summed E-state index contributed by atoms with van der Waals surface area (Å²) in [7, 11) is 0. The first-order chi connectivity index (χ1) is 14.2. The molecule has 0 radical (unpaired) electrons. The molecule has 1 aliphatic heterocycles. The van der Waals surface area contributed by atoms with Crippen LogP contribution in [0.15, 0.2) is 54.6 Å². The molecule has 1 fully saturated rings. The Hall–Kier alpha value is -2.37. The van der Waals surface area contributed by atoms with Crippen molar-refractivity contribution in [2.45, 2.75) is 44.8 Å². The predicted octanol–water partition coefficient (Wildman–Crippen LogP) is 4.15.